The van der Waals surface area contributed by atoms with E-state index in [1.807, 2.05) is 0 Å². The number of carboxylic acids is 1. The van der Waals surface area contributed by atoms with E-state index in [9.17, 15) is 9.90 Å². The minimum absolute atomic E-state index is 0.0265. The van der Waals surface area contributed by atoms with Gasteiger partial charge in [-0.25, -0.2) is 0 Å². The average molecular weight is 253 g/mol. The fraction of sp³-hybridized carbons (Fsp3) is 0.462. The zero-order valence-corrected chi connectivity index (χ0v) is 10.6. The lowest BCUT2D eigenvalue weighted by Gasteiger charge is -2.22. The predicted molar refractivity (Wildman–Crippen MR) is 67.7 cm³/mol. The molecule has 100 valence electrons. The van der Waals surface area contributed by atoms with Gasteiger partial charge in [0.2, 0.25) is 0 Å². The van der Waals surface area contributed by atoms with E-state index in [0.717, 1.165) is 11.3 Å². The van der Waals surface area contributed by atoms with Gasteiger partial charge in [0.05, 0.1) is 13.2 Å². The highest BCUT2D eigenvalue weighted by molar-refractivity contribution is 5.66. The molecule has 2 unspecified atom stereocenters. The minimum atomic E-state index is -0.864. The van der Waals surface area contributed by atoms with E-state index in [4.69, 9.17) is 9.84 Å². The van der Waals surface area contributed by atoms with E-state index in [2.05, 4.69) is 5.32 Å². The standard InChI is InChI=1S/C13H19NO4/c1-14-11(7-8-12(15)16)13(17)9-3-5-10(18-2)6-4-9/h3-6,11,13-14,17H,7-8H2,1-2H3,(H,15,16). The number of methoxy groups -OCH3 is 1. The van der Waals surface area contributed by atoms with Gasteiger partial charge < -0.3 is 20.3 Å². The molecule has 0 aliphatic rings. The number of carboxylic acid groups (broad SMARTS) is 1. The number of aliphatic hydroxyl groups is 1. The van der Waals surface area contributed by atoms with Crippen molar-refractivity contribution in [2.24, 2.45) is 0 Å². The van der Waals surface area contributed by atoms with Crippen LogP contribution in [0, 0.1) is 0 Å². The van der Waals surface area contributed by atoms with Crippen LogP contribution in [0.3, 0.4) is 0 Å². The molecular formula is C13H19NO4. The highest BCUT2D eigenvalue weighted by Crippen LogP contribution is 2.22. The summed E-state index contributed by atoms with van der Waals surface area (Å²) < 4.78 is 5.04. The van der Waals surface area contributed by atoms with Gasteiger partial charge >= 0.3 is 5.97 Å². The molecule has 3 N–H and O–H groups in total. The summed E-state index contributed by atoms with van der Waals surface area (Å²) in [6.07, 6.45) is -0.335. The van der Waals surface area contributed by atoms with Crippen molar-refractivity contribution in [1.29, 1.82) is 0 Å². The first-order valence-corrected chi connectivity index (χ1v) is 5.79. The molecule has 5 heteroatoms. The average Bonchev–Trinajstić information content (AvgIpc) is 2.39. The largest absolute Gasteiger partial charge is 0.497 e. The first-order chi connectivity index (χ1) is 8.58. The van der Waals surface area contributed by atoms with Gasteiger partial charge in [-0.15, -0.1) is 0 Å². The summed E-state index contributed by atoms with van der Waals surface area (Å²) in [5.41, 5.74) is 0.737. The zero-order valence-electron chi connectivity index (χ0n) is 10.6. The third kappa shape index (κ3) is 4.01. The monoisotopic (exact) mass is 253 g/mol. The maximum absolute atomic E-state index is 10.5. The van der Waals surface area contributed by atoms with Gasteiger partial charge in [0.25, 0.3) is 0 Å². The van der Waals surface area contributed by atoms with E-state index in [1.165, 1.54) is 0 Å². The van der Waals surface area contributed by atoms with Crippen LogP contribution in [0.1, 0.15) is 24.5 Å². The second-order valence-corrected chi connectivity index (χ2v) is 4.05. The van der Waals surface area contributed by atoms with E-state index in [1.54, 1.807) is 38.4 Å². The van der Waals surface area contributed by atoms with Crippen molar-refractivity contribution >= 4 is 5.97 Å². The lowest BCUT2D eigenvalue weighted by atomic mass is 9.98. The van der Waals surface area contributed by atoms with Gasteiger partial charge in [-0.05, 0) is 31.2 Å². The van der Waals surface area contributed by atoms with Crippen molar-refractivity contribution in [3.05, 3.63) is 29.8 Å². The normalized spacial score (nSPS) is 13.9. The van der Waals surface area contributed by atoms with Crippen LogP contribution in [-0.4, -0.2) is 36.4 Å². The number of likely N-dealkylation sites (N-methyl/N-ethyl adjacent to an activating group) is 1. The third-order valence-corrected chi connectivity index (χ3v) is 2.88. The molecule has 0 spiro atoms. The van der Waals surface area contributed by atoms with Crippen molar-refractivity contribution in [1.82, 2.24) is 5.32 Å². The minimum Gasteiger partial charge on any atom is -0.497 e. The van der Waals surface area contributed by atoms with E-state index < -0.39 is 12.1 Å². The summed E-state index contributed by atoms with van der Waals surface area (Å²) in [5.74, 6) is -0.144. The highest BCUT2D eigenvalue weighted by atomic mass is 16.5. The second kappa shape index (κ2) is 6.98. The Kier molecular flexibility index (Phi) is 5.61. The number of aliphatic hydroxyl groups excluding tert-OH is 1. The number of aliphatic carboxylic acids is 1. The molecule has 0 aliphatic heterocycles. The van der Waals surface area contributed by atoms with E-state index in [-0.39, 0.29) is 12.5 Å². The Bertz CT molecular complexity index is 377. The Morgan fingerprint density at radius 3 is 2.44 bits per heavy atom. The Balaban J connectivity index is 2.69. The summed E-state index contributed by atoms with van der Waals surface area (Å²) in [7, 11) is 3.29. The molecule has 1 rings (SSSR count). The van der Waals surface area contributed by atoms with Crippen LogP contribution in [0.5, 0.6) is 5.75 Å². The maximum Gasteiger partial charge on any atom is 0.303 e. The Hall–Kier alpha value is -1.59. The molecule has 0 amide bonds. The Morgan fingerprint density at radius 1 is 1.39 bits per heavy atom. The summed E-state index contributed by atoms with van der Waals surface area (Å²) in [4.78, 5) is 10.5. The second-order valence-electron chi connectivity index (χ2n) is 4.05. The quantitative estimate of drug-likeness (QED) is 0.680. The first kappa shape index (κ1) is 14.5. The molecule has 0 radical (unpaired) electrons. The molecule has 2 atom stereocenters. The molecule has 0 aliphatic carbocycles. The van der Waals surface area contributed by atoms with Crippen LogP contribution < -0.4 is 10.1 Å². The molecule has 5 nitrogen and oxygen atoms in total. The number of ether oxygens (including phenoxy) is 1. The molecule has 0 fully saturated rings. The van der Waals surface area contributed by atoms with Crippen LogP contribution in [-0.2, 0) is 4.79 Å². The lowest BCUT2D eigenvalue weighted by Crippen LogP contribution is -2.32. The van der Waals surface area contributed by atoms with Gasteiger partial charge in [-0.2, -0.15) is 0 Å². The Labute approximate surface area is 106 Å². The number of hydrogen-bond donors (Lipinski definition) is 3. The SMILES string of the molecule is CNC(CCC(=O)O)C(O)c1ccc(OC)cc1. The molecule has 0 saturated heterocycles. The third-order valence-electron chi connectivity index (χ3n) is 2.88. The van der Waals surface area contributed by atoms with Crippen molar-refractivity contribution in [2.45, 2.75) is 25.0 Å². The topological polar surface area (TPSA) is 78.8 Å². The van der Waals surface area contributed by atoms with Crippen LogP contribution in [0.4, 0.5) is 0 Å². The number of benzene rings is 1. The van der Waals surface area contributed by atoms with Crippen molar-refractivity contribution in [3.63, 3.8) is 0 Å². The smallest absolute Gasteiger partial charge is 0.303 e. The van der Waals surface area contributed by atoms with E-state index in [0.29, 0.717) is 6.42 Å². The molecule has 1 aromatic carbocycles. The fourth-order valence-electron chi connectivity index (χ4n) is 1.77. The van der Waals surface area contributed by atoms with Gasteiger partial charge in [-0.1, -0.05) is 12.1 Å². The molecule has 0 saturated carbocycles. The predicted octanol–water partition coefficient (Wildman–Crippen LogP) is 1.18. The van der Waals surface area contributed by atoms with Gasteiger partial charge in [0, 0.05) is 12.5 Å². The van der Waals surface area contributed by atoms with Crippen LogP contribution in [0.2, 0.25) is 0 Å². The fourth-order valence-corrected chi connectivity index (χ4v) is 1.77. The summed E-state index contributed by atoms with van der Waals surface area (Å²) in [5, 5.41) is 21.8. The zero-order chi connectivity index (χ0) is 13.5. The highest BCUT2D eigenvalue weighted by Gasteiger charge is 2.20. The van der Waals surface area contributed by atoms with Crippen molar-refractivity contribution in [3.8, 4) is 5.75 Å². The van der Waals surface area contributed by atoms with Crippen LogP contribution >= 0.6 is 0 Å². The lowest BCUT2D eigenvalue weighted by molar-refractivity contribution is -0.137. The first-order valence-electron chi connectivity index (χ1n) is 5.79. The summed E-state index contributed by atoms with van der Waals surface area (Å²) in [6.45, 7) is 0. The van der Waals surface area contributed by atoms with Crippen LogP contribution in [0.15, 0.2) is 24.3 Å². The molecule has 1 aromatic rings. The molecule has 0 aromatic heterocycles. The van der Waals surface area contributed by atoms with Gasteiger partial charge in [-0.3, -0.25) is 4.79 Å². The van der Waals surface area contributed by atoms with Crippen molar-refractivity contribution < 1.29 is 19.7 Å². The van der Waals surface area contributed by atoms with E-state index >= 15 is 0 Å². The molecular weight excluding hydrogens is 234 g/mol. The number of hydrogen-bond acceptors (Lipinski definition) is 4. The summed E-state index contributed by atoms with van der Waals surface area (Å²) in [6, 6.07) is 6.79. The van der Waals surface area contributed by atoms with Crippen molar-refractivity contribution in [2.75, 3.05) is 14.2 Å². The number of carbonyl (C=O) groups is 1. The molecule has 0 heterocycles. The Morgan fingerprint density at radius 2 is 2.00 bits per heavy atom. The summed E-state index contributed by atoms with van der Waals surface area (Å²) >= 11 is 0. The maximum atomic E-state index is 10.5. The van der Waals surface area contributed by atoms with Gasteiger partial charge in [0.1, 0.15) is 5.75 Å². The van der Waals surface area contributed by atoms with Gasteiger partial charge in [0.15, 0.2) is 0 Å². The number of nitrogens with one attached hydrogen (secondary N) is 1. The molecule has 0 bridgehead atoms. The van der Waals surface area contributed by atoms with Crippen LogP contribution in [0.25, 0.3) is 0 Å². The number of rotatable bonds is 7. The molecule has 18 heavy (non-hydrogen) atoms.